The number of aromatic nitrogens is 4. The van der Waals surface area contributed by atoms with Crippen molar-refractivity contribution in [2.75, 3.05) is 7.11 Å². The fourth-order valence-electron chi connectivity index (χ4n) is 4.01. The van der Waals surface area contributed by atoms with Crippen molar-refractivity contribution in [3.05, 3.63) is 84.2 Å². The average molecular weight is 501 g/mol. The number of para-hydroxylation sites is 1. The van der Waals surface area contributed by atoms with Gasteiger partial charge in [0, 0.05) is 24.5 Å². The summed E-state index contributed by atoms with van der Waals surface area (Å²) < 4.78 is 6.85. The van der Waals surface area contributed by atoms with E-state index in [0.29, 0.717) is 16.8 Å². The Morgan fingerprint density at radius 3 is 2.43 bits per heavy atom. The van der Waals surface area contributed by atoms with Gasteiger partial charge in [-0.15, -0.1) is 5.10 Å². The molecule has 9 nitrogen and oxygen atoms in total. The topological polar surface area (TPSA) is 102 Å². The minimum atomic E-state index is -0.877. The number of fused-ring (bicyclic) bond motifs is 1. The normalized spacial score (nSPS) is 12.2. The number of methoxy groups -OCH3 is 1. The highest BCUT2D eigenvalue weighted by molar-refractivity contribution is 5.89. The molecular weight excluding hydrogens is 468 g/mol. The lowest BCUT2D eigenvalue weighted by Gasteiger charge is -2.34. The van der Waals surface area contributed by atoms with Gasteiger partial charge in [-0.25, -0.2) is 4.68 Å². The number of rotatable bonds is 10. The molecule has 0 unspecified atom stereocenters. The van der Waals surface area contributed by atoms with E-state index in [1.807, 2.05) is 69.3 Å². The molecule has 2 amide bonds. The Balaban J connectivity index is 1.74. The van der Waals surface area contributed by atoms with Gasteiger partial charge in [-0.3, -0.25) is 14.6 Å². The van der Waals surface area contributed by atoms with Gasteiger partial charge in [-0.2, -0.15) is 0 Å². The van der Waals surface area contributed by atoms with Gasteiger partial charge >= 0.3 is 0 Å². The quantitative estimate of drug-likeness (QED) is 0.354. The molecule has 0 bridgehead atoms. The second-order valence-electron chi connectivity index (χ2n) is 9.52. The van der Waals surface area contributed by atoms with Gasteiger partial charge in [-0.1, -0.05) is 36.4 Å². The van der Waals surface area contributed by atoms with Gasteiger partial charge in [-0.05, 0) is 67.8 Å². The van der Waals surface area contributed by atoms with E-state index in [9.17, 15) is 9.59 Å². The van der Waals surface area contributed by atoms with Crippen molar-refractivity contribution in [1.29, 1.82) is 0 Å². The number of benzene rings is 2. The Hall–Kier alpha value is -4.27. The van der Waals surface area contributed by atoms with Crippen LogP contribution >= 0.6 is 0 Å². The third-order valence-electron chi connectivity index (χ3n) is 6.46. The molecule has 0 radical (unpaired) electrons. The van der Waals surface area contributed by atoms with E-state index in [1.165, 1.54) is 0 Å². The fraction of sp³-hybridized carbons (Fsp3) is 0.321. The zero-order valence-corrected chi connectivity index (χ0v) is 21.6. The highest BCUT2D eigenvalue weighted by Crippen LogP contribution is 2.26. The van der Waals surface area contributed by atoms with Crippen LogP contribution in [0.5, 0.6) is 5.75 Å². The second kappa shape index (κ2) is 11.2. The molecule has 0 aliphatic heterocycles. The summed E-state index contributed by atoms with van der Waals surface area (Å²) in [6, 6.07) is 17.6. The number of carbonyl (C=O) groups excluding carboxylic acids is 2. The number of pyridine rings is 1. The molecule has 2 aromatic heterocycles. The third kappa shape index (κ3) is 6.11. The smallest absolute Gasteiger partial charge is 0.247 e. The molecule has 37 heavy (non-hydrogen) atoms. The van der Waals surface area contributed by atoms with Crippen molar-refractivity contribution in [3.63, 3.8) is 0 Å². The summed E-state index contributed by atoms with van der Waals surface area (Å²) in [4.78, 5) is 33.4. The number of carbonyl (C=O) groups is 2. The molecule has 0 spiro atoms. The summed E-state index contributed by atoms with van der Waals surface area (Å²) >= 11 is 0. The zero-order valence-electron chi connectivity index (χ0n) is 21.6. The van der Waals surface area contributed by atoms with E-state index >= 15 is 0 Å². The van der Waals surface area contributed by atoms with Crippen LogP contribution in [0.2, 0.25) is 0 Å². The number of hydrogen-bond acceptors (Lipinski definition) is 6. The van der Waals surface area contributed by atoms with E-state index in [2.05, 4.69) is 20.6 Å². The van der Waals surface area contributed by atoms with Crippen molar-refractivity contribution in [2.24, 2.45) is 0 Å². The first kappa shape index (κ1) is 25.8. The molecule has 0 aliphatic rings. The van der Waals surface area contributed by atoms with Crippen LogP contribution in [0.1, 0.15) is 44.4 Å². The lowest BCUT2D eigenvalue weighted by Crippen LogP contribution is -2.50. The van der Waals surface area contributed by atoms with E-state index in [-0.39, 0.29) is 24.9 Å². The number of nitrogens with one attached hydrogen (secondary N) is 1. The molecule has 0 saturated heterocycles. The minimum Gasteiger partial charge on any atom is -0.497 e. The first-order chi connectivity index (χ1) is 17.8. The number of hydrogen-bond donors (Lipinski definition) is 1. The molecule has 0 fully saturated rings. The van der Waals surface area contributed by atoms with Crippen LogP contribution in [0.4, 0.5) is 0 Å². The molecule has 4 aromatic rings. The molecule has 192 valence electrons. The van der Waals surface area contributed by atoms with Crippen LogP contribution < -0.4 is 10.1 Å². The van der Waals surface area contributed by atoms with E-state index in [4.69, 9.17) is 4.74 Å². The van der Waals surface area contributed by atoms with Gasteiger partial charge in [0.15, 0.2) is 0 Å². The number of ether oxygens (including phenoxy) is 1. The second-order valence-corrected chi connectivity index (χ2v) is 9.52. The lowest BCUT2D eigenvalue weighted by atomic mass is 9.98. The molecule has 4 rings (SSSR count). The minimum absolute atomic E-state index is 0.0668. The van der Waals surface area contributed by atoms with Gasteiger partial charge in [0.2, 0.25) is 11.8 Å². The Kier molecular flexibility index (Phi) is 7.81. The van der Waals surface area contributed by atoms with Crippen molar-refractivity contribution in [2.45, 2.75) is 51.9 Å². The molecule has 1 atom stereocenters. The molecule has 9 heteroatoms. The zero-order chi connectivity index (χ0) is 26.4. The highest BCUT2D eigenvalue weighted by atomic mass is 16.5. The number of amides is 2. The van der Waals surface area contributed by atoms with E-state index < -0.39 is 11.6 Å². The summed E-state index contributed by atoms with van der Waals surface area (Å²) in [5, 5.41) is 11.5. The molecule has 2 aromatic carbocycles. The van der Waals surface area contributed by atoms with E-state index in [1.54, 1.807) is 41.2 Å². The maximum absolute atomic E-state index is 14.0. The maximum Gasteiger partial charge on any atom is 0.247 e. The summed E-state index contributed by atoms with van der Waals surface area (Å²) in [7, 11) is 1.60. The van der Waals surface area contributed by atoms with Crippen molar-refractivity contribution >= 4 is 22.8 Å². The first-order valence-corrected chi connectivity index (χ1v) is 12.2. The Morgan fingerprint density at radius 1 is 1.05 bits per heavy atom. The van der Waals surface area contributed by atoms with Crippen LogP contribution in [0, 0.1) is 0 Å². The standard InChI is InChI=1S/C28H32N6O3/c1-5-28(2,3)30-27(36)26(21-14-16-29-17-15-21)33(18-20-10-12-22(37-4)13-11-20)25(35)19-34-24-9-7-6-8-23(24)31-32-34/h6-17,26H,5,18-19H2,1-4H3,(H,30,36)/t26-/m0/s1. The predicted octanol–water partition coefficient (Wildman–Crippen LogP) is 3.91. The Morgan fingerprint density at radius 2 is 1.76 bits per heavy atom. The van der Waals surface area contributed by atoms with Crippen LogP contribution in [0.3, 0.4) is 0 Å². The maximum atomic E-state index is 14.0. The molecule has 2 heterocycles. The summed E-state index contributed by atoms with van der Waals surface area (Å²) in [6.45, 7) is 6.08. The summed E-state index contributed by atoms with van der Waals surface area (Å²) in [6.07, 6.45) is 3.99. The average Bonchev–Trinajstić information content (AvgIpc) is 3.31. The largest absolute Gasteiger partial charge is 0.497 e. The molecule has 0 aliphatic carbocycles. The summed E-state index contributed by atoms with van der Waals surface area (Å²) in [5.41, 5.74) is 2.53. The monoisotopic (exact) mass is 500 g/mol. The lowest BCUT2D eigenvalue weighted by molar-refractivity contribution is -0.143. The van der Waals surface area contributed by atoms with Crippen LogP contribution in [0.25, 0.3) is 11.0 Å². The third-order valence-corrected chi connectivity index (χ3v) is 6.46. The Bertz CT molecular complexity index is 1350. The van der Waals surface area contributed by atoms with Gasteiger partial charge in [0.05, 0.1) is 12.6 Å². The van der Waals surface area contributed by atoms with Crippen molar-refractivity contribution < 1.29 is 14.3 Å². The van der Waals surface area contributed by atoms with Crippen LogP contribution in [-0.2, 0) is 22.7 Å². The molecular formula is C28H32N6O3. The van der Waals surface area contributed by atoms with E-state index in [0.717, 1.165) is 17.5 Å². The summed E-state index contributed by atoms with van der Waals surface area (Å²) in [5.74, 6) is 0.185. The van der Waals surface area contributed by atoms with Crippen molar-refractivity contribution in [1.82, 2.24) is 30.2 Å². The van der Waals surface area contributed by atoms with Gasteiger partial charge < -0.3 is 15.0 Å². The van der Waals surface area contributed by atoms with Crippen LogP contribution in [0.15, 0.2) is 73.1 Å². The number of nitrogens with zero attached hydrogens (tertiary/aromatic N) is 5. The van der Waals surface area contributed by atoms with Crippen molar-refractivity contribution in [3.8, 4) is 5.75 Å². The van der Waals surface area contributed by atoms with Crippen LogP contribution in [-0.4, -0.2) is 49.3 Å². The van der Waals surface area contributed by atoms with Gasteiger partial charge in [0.1, 0.15) is 23.9 Å². The molecule has 0 saturated carbocycles. The Labute approximate surface area is 216 Å². The fourth-order valence-corrected chi connectivity index (χ4v) is 4.01. The highest BCUT2D eigenvalue weighted by Gasteiger charge is 2.34. The first-order valence-electron chi connectivity index (χ1n) is 12.2. The van der Waals surface area contributed by atoms with Gasteiger partial charge in [0.25, 0.3) is 0 Å². The SMILES string of the molecule is CCC(C)(C)NC(=O)[C@H](c1ccncc1)N(Cc1ccc(OC)cc1)C(=O)Cn1nnc2ccccc21. The molecule has 1 N–H and O–H groups in total. The predicted molar refractivity (Wildman–Crippen MR) is 141 cm³/mol.